The van der Waals surface area contributed by atoms with Crippen LogP contribution >= 0.6 is 11.3 Å². The highest BCUT2D eigenvalue weighted by molar-refractivity contribution is 7.12. The second-order valence-electron chi connectivity index (χ2n) is 4.55. The first-order chi connectivity index (χ1) is 10.3. The molecular weight excluding hydrogens is 278 g/mol. The van der Waals surface area contributed by atoms with Crippen molar-refractivity contribution in [2.24, 2.45) is 0 Å². The smallest absolute Gasteiger partial charge is 0.140 e. The molecule has 0 fully saturated rings. The van der Waals surface area contributed by atoms with E-state index in [1.807, 2.05) is 72.1 Å². The summed E-state index contributed by atoms with van der Waals surface area (Å²) in [5.74, 6) is 0.425. The van der Waals surface area contributed by atoms with Crippen LogP contribution in [0.25, 0.3) is 0 Å². The summed E-state index contributed by atoms with van der Waals surface area (Å²) in [7, 11) is 0. The molecule has 0 aliphatic carbocycles. The monoisotopic (exact) mass is 293 g/mol. The Bertz CT molecular complexity index is 704. The number of hydrogen-bond donors (Lipinski definition) is 3. The summed E-state index contributed by atoms with van der Waals surface area (Å²) in [6.07, 6.45) is 0. The van der Waals surface area contributed by atoms with Gasteiger partial charge in [-0.3, -0.25) is 5.41 Å². The zero-order valence-corrected chi connectivity index (χ0v) is 12.2. The highest BCUT2D eigenvalue weighted by Crippen LogP contribution is 2.19. The fourth-order valence-electron chi connectivity index (χ4n) is 1.95. The second-order valence-corrected chi connectivity index (χ2v) is 5.49. The van der Waals surface area contributed by atoms with E-state index in [0.717, 1.165) is 21.9 Å². The average Bonchev–Trinajstić information content (AvgIpc) is 3.05. The van der Waals surface area contributed by atoms with Gasteiger partial charge in [0.05, 0.1) is 4.88 Å². The molecule has 0 atom stereocenters. The number of nitrogens with one attached hydrogen (secondary N) is 3. The van der Waals surface area contributed by atoms with Crippen LogP contribution in [0, 0.1) is 5.41 Å². The van der Waals surface area contributed by atoms with Gasteiger partial charge in [-0.15, -0.1) is 11.3 Å². The van der Waals surface area contributed by atoms with E-state index in [0.29, 0.717) is 5.84 Å². The van der Waals surface area contributed by atoms with E-state index in [1.165, 1.54) is 0 Å². The number of benzene rings is 2. The minimum Gasteiger partial charge on any atom is -0.356 e. The van der Waals surface area contributed by atoms with Gasteiger partial charge >= 0.3 is 0 Å². The summed E-state index contributed by atoms with van der Waals surface area (Å²) in [6, 6.07) is 21.9. The number of para-hydroxylation sites is 1. The number of hydrogen-bond acceptors (Lipinski definition) is 3. The molecule has 0 aliphatic heterocycles. The average molecular weight is 293 g/mol. The molecule has 0 saturated heterocycles. The molecule has 0 unspecified atom stereocenters. The topological polar surface area (TPSA) is 47.9 Å². The Kier molecular flexibility index (Phi) is 3.98. The van der Waals surface area contributed by atoms with Crippen molar-refractivity contribution in [1.82, 2.24) is 0 Å². The van der Waals surface area contributed by atoms with Gasteiger partial charge in [0, 0.05) is 17.1 Å². The van der Waals surface area contributed by atoms with E-state index in [4.69, 9.17) is 5.41 Å². The predicted molar refractivity (Wildman–Crippen MR) is 90.9 cm³/mol. The summed E-state index contributed by atoms with van der Waals surface area (Å²) in [5, 5.41) is 16.4. The SMILES string of the molecule is N=C(Nc1ccc(Nc2ccccc2)cc1)c1cccs1. The molecule has 0 spiro atoms. The maximum atomic E-state index is 8.00. The van der Waals surface area contributed by atoms with Crippen LogP contribution in [0.5, 0.6) is 0 Å². The largest absolute Gasteiger partial charge is 0.356 e. The molecule has 0 amide bonds. The summed E-state index contributed by atoms with van der Waals surface area (Å²) >= 11 is 1.56. The summed E-state index contributed by atoms with van der Waals surface area (Å²) in [6.45, 7) is 0. The van der Waals surface area contributed by atoms with Gasteiger partial charge in [0.25, 0.3) is 0 Å². The minimum absolute atomic E-state index is 0.425. The Morgan fingerprint density at radius 3 is 2.10 bits per heavy atom. The van der Waals surface area contributed by atoms with E-state index in [9.17, 15) is 0 Å². The number of rotatable bonds is 4. The molecule has 3 rings (SSSR count). The molecule has 1 heterocycles. The van der Waals surface area contributed by atoms with Crippen LogP contribution in [-0.2, 0) is 0 Å². The highest BCUT2D eigenvalue weighted by atomic mass is 32.1. The van der Waals surface area contributed by atoms with Gasteiger partial charge in [-0.1, -0.05) is 24.3 Å². The standard InChI is InChI=1S/C17H15N3S/c18-17(16-7-4-12-21-16)20-15-10-8-14(9-11-15)19-13-5-2-1-3-6-13/h1-12,19H,(H2,18,20). The summed E-state index contributed by atoms with van der Waals surface area (Å²) in [5.41, 5.74) is 2.99. The minimum atomic E-state index is 0.425. The fourth-order valence-corrected chi connectivity index (χ4v) is 2.58. The third-order valence-corrected chi connectivity index (χ3v) is 3.87. The molecule has 3 nitrogen and oxygen atoms in total. The van der Waals surface area contributed by atoms with Crippen LogP contribution in [0.1, 0.15) is 4.88 Å². The van der Waals surface area contributed by atoms with Crippen molar-refractivity contribution >= 4 is 34.2 Å². The van der Waals surface area contributed by atoms with Crippen LogP contribution in [-0.4, -0.2) is 5.84 Å². The van der Waals surface area contributed by atoms with Gasteiger partial charge in [0.2, 0.25) is 0 Å². The van der Waals surface area contributed by atoms with Crippen molar-refractivity contribution in [3.63, 3.8) is 0 Å². The number of thiophene rings is 1. The normalized spacial score (nSPS) is 10.1. The lowest BCUT2D eigenvalue weighted by molar-refractivity contribution is 1.47. The molecule has 3 aromatic rings. The van der Waals surface area contributed by atoms with Crippen molar-refractivity contribution in [3.05, 3.63) is 77.0 Å². The van der Waals surface area contributed by atoms with Gasteiger partial charge in [-0.25, -0.2) is 0 Å². The zero-order valence-electron chi connectivity index (χ0n) is 11.3. The third kappa shape index (κ3) is 3.49. The molecule has 4 heteroatoms. The predicted octanol–water partition coefficient (Wildman–Crippen LogP) is 4.93. The van der Waals surface area contributed by atoms with Gasteiger partial charge in [0.1, 0.15) is 5.84 Å². The Morgan fingerprint density at radius 1 is 0.762 bits per heavy atom. The van der Waals surface area contributed by atoms with E-state index < -0.39 is 0 Å². The molecule has 0 saturated carbocycles. The van der Waals surface area contributed by atoms with Crippen molar-refractivity contribution in [2.75, 3.05) is 10.6 Å². The van der Waals surface area contributed by atoms with Gasteiger partial charge in [0.15, 0.2) is 0 Å². The second kappa shape index (κ2) is 6.24. The molecule has 1 aromatic heterocycles. The summed E-state index contributed by atoms with van der Waals surface area (Å²) < 4.78 is 0. The van der Waals surface area contributed by atoms with Gasteiger partial charge < -0.3 is 10.6 Å². The maximum absolute atomic E-state index is 8.00. The Labute approximate surface area is 127 Å². The molecule has 0 bridgehead atoms. The van der Waals surface area contributed by atoms with E-state index in [-0.39, 0.29) is 0 Å². The first-order valence-electron chi connectivity index (χ1n) is 6.63. The fraction of sp³-hybridized carbons (Fsp3) is 0. The van der Waals surface area contributed by atoms with Crippen molar-refractivity contribution in [1.29, 1.82) is 5.41 Å². The lowest BCUT2D eigenvalue weighted by Gasteiger charge is -2.09. The molecule has 3 N–H and O–H groups in total. The third-order valence-electron chi connectivity index (χ3n) is 2.98. The number of anilines is 3. The zero-order chi connectivity index (χ0) is 14.5. The highest BCUT2D eigenvalue weighted by Gasteiger charge is 2.02. The Hall–Kier alpha value is -2.59. The lowest BCUT2D eigenvalue weighted by atomic mass is 10.2. The molecule has 21 heavy (non-hydrogen) atoms. The van der Waals surface area contributed by atoms with E-state index in [2.05, 4.69) is 10.6 Å². The van der Waals surface area contributed by atoms with E-state index in [1.54, 1.807) is 11.3 Å². The van der Waals surface area contributed by atoms with Crippen LogP contribution in [0.15, 0.2) is 72.1 Å². The van der Waals surface area contributed by atoms with Crippen LogP contribution < -0.4 is 10.6 Å². The maximum Gasteiger partial charge on any atom is 0.140 e. The summed E-state index contributed by atoms with van der Waals surface area (Å²) in [4.78, 5) is 0.932. The molecule has 0 radical (unpaired) electrons. The molecule has 104 valence electrons. The quantitative estimate of drug-likeness (QED) is 0.472. The van der Waals surface area contributed by atoms with E-state index >= 15 is 0 Å². The van der Waals surface area contributed by atoms with Gasteiger partial charge in [-0.05, 0) is 47.8 Å². The van der Waals surface area contributed by atoms with Crippen LogP contribution in [0.3, 0.4) is 0 Å². The molecule has 0 aliphatic rings. The molecule has 2 aromatic carbocycles. The van der Waals surface area contributed by atoms with Crippen molar-refractivity contribution < 1.29 is 0 Å². The van der Waals surface area contributed by atoms with Crippen molar-refractivity contribution in [3.8, 4) is 0 Å². The van der Waals surface area contributed by atoms with Crippen LogP contribution in [0.4, 0.5) is 17.1 Å². The Balaban J connectivity index is 1.65. The lowest BCUT2D eigenvalue weighted by Crippen LogP contribution is -2.09. The van der Waals surface area contributed by atoms with Crippen LogP contribution in [0.2, 0.25) is 0 Å². The first kappa shape index (κ1) is 13.4. The Morgan fingerprint density at radius 2 is 1.43 bits per heavy atom. The van der Waals surface area contributed by atoms with Crippen molar-refractivity contribution in [2.45, 2.75) is 0 Å². The first-order valence-corrected chi connectivity index (χ1v) is 7.51. The van der Waals surface area contributed by atoms with Gasteiger partial charge in [-0.2, -0.15) is 0 Å². The number of amidine groups is 1. The molecular formula is C17H15N3S.